The van der Waals surface area contributed by atoms with Crippen LogP contribution in [0.5, 0.6) is 5.19 Å². The fraction of sp³-hybridized carbons (Fsp3) is 0.625. The van der Waals surface area contributed by atoms with Crippen molar-refractivity contribution in [2.24, 2.45) is 0 Å². The van der Waals surface area contributed by atoms with Gasteiger partial charge in [0.15, 0.2) is 11.5 Å². The van der Waals surface area contributed by atoms with Crippen LogP contribution >= 0.6 is 11.5 Å². The van der Waals surface area contributed by atoms with Gasteiger partial charge in [-0.1, -0.05) is 0 Å². The summed E-state index contributed by atoms with van der Waals surface area (Å²) in [5.74, 6) is 0.0536. The van der Waals surface area contributed by atoms with Crippen molar-refractivity contribution in [1.29, 1.82) is 0 Å². The number of methoxy groups -OCH3 is 1. The van der Waals surface area contributed by atoms with E-state index in [-0.39, 0.29) is 23.3 Å². The molecule has 0 aromatic carbocycles. The third-order valence-corrected chi connectivity index (χ3v) is 3.94. The van der Waals surface area contributed by atoms with E-state index in [4.69, 9.17) is 9.47 Å². The average molecular weight is 421 g/mol. The van der Waals surface area contributed by atoms with Crippen molar-refractivity contribution in [1.82, 2.24) is 24.5 Å². The minimum absolute atomic E-state index is 0.0536. The topological polar surface area (TPSA) is 91.2 Å². The molecule has 8 nitrogen and oxygen atoms in total. The van der Waals surface area contributed by atoms with Crippen LogP contribution in [0.4, 0.5) is 18.0 Å². The lowest BCUT2D eigenvalue weighted by Gasteiger charge is -2.29. The first-order valence-corrected chi connectivity index (χ1v) is 9.02. The van der Waals surface area contributed by atoms with Crippen molar-refractivity contribution in [2.75, 3.05) is 7.11 Å². The highest BCUT2D eigenvalue weighted by atomic mass is 32.1. The van der Waals surface area contributed by atoms with Crippen molar-refractivity contribution >= 4 is 17.6 Å². The molecule has 0 aliphatic rings. The van der Waals surface area contributed by atoms with Gasteiger partial charge in [-0.05, 0) is 40.7 Å². The molecule has 0 unspecified atom stereocenters. The Morgan fingerprint density at radius 1 is 1.25 bits per heavy atom. The summed E-state index contributed by atoms with van der Waals surface area (Å²) in [5.41, 5.74) is -2.69. The first-order valence-electron chi connectivity index (χ1n) is 8.24. The summed E-state index contributed by atoms with van der Waals surface area (Å²) in [4.78, 5) is 16.1. The van der Waals surface area contributed by atoms with E-state index in [9.17, 15) is 18.0 Å². The molecule has 0 spiro atoms. The normalized spacial score (nSPS) is 12.8. The highest BCUT2D eigenvalue weighted by Gasteiger charge is 2.37. The molecule has 2 aromatic rings. The number of alkyl carbamates (subject to hydrolysis) is 1. The Morgan fingerprint density at radius 3 is 2.39 bits per heavy atom. The van der Waals surface area contributed by atoms with Gasteiger partial charge in [-0.15, -0.1) is 0 Å². The van der Waals surface area contributed by atoms with Crippen LogP contribution in [0.2, 0.25) is 0 Å². The Hall–Kier alpha value is -2.37. The minimum atomic E-state index is -4.64. The van der Waals surface area contributed by atoms with Gasteiger partial charge in [0.25, 0.3) is 5.19 Å². The highest BCUT2D eigenvalue weighted by Crippen LogP contribution is 2.32. The molecular formula is C16H22F3N5O3S. The zero-order valence-corrected chi connectivity index (χ0v) is 17.2. The van der Waals surface area contributed by atoms with E-state index in [2.05, 4.69) is 19.8 Å². The Kier molecular flexibility index (Phi) is 5.93. The van der Waals surface area contributed by atoms with Gasteiger partial charge in [-0.2, -0.15) is 27.6 Å². The summed E-state index contributed by atoms with van der Waals surface area (Å²) in [5, 5.41) is 6.49. The quantitative estimate of drug-likeness (QED) is 0.791. The molecular weight excluding hydrogens is 399 g/mol. The second-order valence-corrected chi connectivity index (χ2v) is 8.38. The number of hydrogen-bond donors (Lipinski definition) is 1. The number of carbonyl (C=O) groups excluding carboxylic acids is 1. The molecule has 0 fully saturated rings. The summed E-state index contributed by atoms with van der Waals surface area (Å²) in [7, 11) is 1.39. The molecule has 0 aliphatic heterocycles. The summed E-state index contributed by atoms with van der Waals surface area (Å²) >= 11 is 0.909. The maximum atomic E-state index is 13.2. The molecule has 156 valence electrons. The van der Waals surface area contributed by atoms with E-state index in [0.717, 1.165) is 22.3 Å². The molecule has 0 atom stereocenters. The van der Waals surface area contributed by atoms with Crippen LogP contribution in [0.3, 0.4) is 0 Å². The lowest BCUT2D eigenvalue weighted by Crippen LogP contribution is -2.48. The van der Waals surface area contributed by atoms with Gasteiger partial charge in [0.1, 0.15) is 11.3 Å². The minimum Gasteiger partial charge on any atom is -0.472 e. The molecule has 12 heteroatoms. The fourth-order valence-electron chi connectivity index (χ4n) is 2.25. The monoisotopic (exact) mass is 421 g/mol. The lowest BCUT2D eigenvalue weighted by atomic mass is 10.1. The number of rotatable bonds is 5. The Morgan fingerprint density at radius 2 is 1.89 bits per heavy atom. The Balaban J connectivity index is 2.32. The Labute approximate surface area is 164 Å². The summed E-state index contributed by atoms with van der Waals surface area (Å²) < 4.78 is 54.8. The van der Waals surface area contributed by atoms with Crippen LogP contribution in [0, 0.1) is 0 Å². The second-order valence-electron chi connectivity index (χ2n) is 7.67. The number of nitrogens with one attached hydrogen (secondary N) is 1. The molecule has 0 radical (unpaired) electrons. The SMILES string of the molecule is COc1nc(-c2cc(C(F)(F)F)nn2CC(C)(C)NC(=O)OC(C)(C)C)ns1. The van der Waals surface area contributed by atoms with Crippen LogP contribution in [0.15, 0.2) is 6.07 Å². The maximum Gasteiger partial charge on any atom is 0.435 e. The molecule has 0 bridgehead atoms. The molecule has 0 aliphatic carbocycles. The van der Waals surface area contributed by atoms with E-state index in [1.807, 2.05) is 0 Å². The summed E-state index contributed by atoms with van der Waals surface area (Å²) in [6, 6.07) is 0.866. The van der Waals surface area contributed by atoms with Crippen molar-refractivity contribution in [3.05, 3.63) is 11.8 Å². The number of ether oxygens (including phenoxy) is 2. The molecule has 2 heterocycles. The van der Waals surface area contributed by atoms with Gasteiger partial charge in [0.2, 0.25) is 0 Å². The van der Waals surface area contributed by atoms with E-state index in [1.165, 1.54) is 7.11 Å². The second kappa shape index (κ2) is 7.57. The van der Waals surface area contributed by atoms with Crippen molar-refractivity contribution < 1.29 is 27.4 Å². The first kappa shape index (κ1) is 21.9. The third-order valence-electron chi connectivity index (χ3n) is 3.27. The van der Waals surface area contributed by atoms with Gasteiger partial charge in [-0.25, -0.2) is 4.79 Å². The largest absolute Gasteiger partial charge is 0.472 e. The zero-order valence-electron chi connectivity index (χ0n) is 16.3. The van der Waals surface area contributed by atoms with Gasteiger partial charge in [-0.3, -0.25) is 4.68 Å². The molecule has 1 amide bonds. The van der Waals surface area contributed by atoms with Crippen molar-refractivity contribution in [3.63, 3.8) is 0 Å². The molecule has 28 heavy (non-hydrogen) atoms. The van der Waals surface area contributed by atoms with Gasteiger partial charge >= 0.3 is 12.3 Å². The van der Waals surface area contributed by atoms with Gasteiger partial charge in [0.05, 0.1) is 19.2 Å². The molecule has 0 saturated heterocycles. The lowest BCUT2D eigenvalue weighted by molar-refractivity contribution is -0.141. The number of alkyl halides is 3. The van der Waals surface area contributed by atoms with Crippen LogP contribution in [-0.2, 0) is 17.5 Å². The van der Waals surface area contributed by atoms with Crippen LogP contribution in [0.25, 0.3) is 11.5 Å². The molecule has 2 rings (SSSR count). The standard InChI is InChI=1S/C16H22F3N5O3S/c1-14(2,3)27-12(25)21-15(4,5)8-24-9(7-10(22-24)16(17,18)19)11-20-13(26-6)28-23-11/h7H,8H2,1-6H3,(H,21,25). The molecule has 2 aromatic heterocycles. The predicted molar refractivity (Wildman–Crippen MR) is 96.1 cm³/mol. The van der Waals surface area contributed by atoms with Gasteiger partial charge < -0.3 is 14.8 Å². The predicted octanol–water partition coefficient (Wildman–Crippen LogP) is 3.73. The zero-order chi connectivity index (χ0) is 21.3. The van der Waals surface area contributed by atoms with E-state index < -0.39 is 29.1 Å². The maximum absolute atomic E-state index is 13.2. The van der Waals surface area contributed by atoms with E-state index in [0.29, 0.717) is 0 Å². The van der Waals surface area contributed by atoms with Crippen molar-refractivity contribution in [3.8, 4) is 16.7 Å². The number of halogens is 3. The smallest absolute Gasteiger partial charge is 0.435 e. The Bertz CT molecular complexity index is 839. The van der Waals surface area contributed by atoms with Crippen LogP contribution in [0.1, 0.15) is 40.3 Å². The summed E-state index contributed by atoms with van der Waals surface area (Å²) in [6.45, 7) is 8.35. The number of amides is 1. The molecule has 1 N–H and O–H groups in total. The van der Waals surface area contributed by atoms with Crippen molar-refractivity contribution in [2.45, 2.75) is 58.5 Å². The fourth-order valence-corrected chi connectivity index (χ4v) is 2.75. The average Bonchev–Trinajstić information content (AvgIpc) is 3.09. The number of aromatic nitrogens is 4. The highest BCUT2D eigenvalue weighted by molar-refractivity contribution is 7.07. The molecule has 0 saturated carbocycles. The van der Waals surface area contributed by atoms with E-state index >= 15 is 0 Å². The van der Waals surface area contributed by atoms with Crippen LogP contribution in [-0.4, -0.2) is 43.5 Å². The van der Waals surface area contributed by atoms with E-state index in [1.54, 1.807) is 34.6 Å². The third kappa shape index (κ3) is 5.81. The number of nitrogens with zero attached hydrogens (tertiary/aromatic N) is 4. The van der Waals surface area contributed by atoms with Gasteiger partial charge in [0, 0.05) is 11.5 Å². The number of carbonyl (C=O) groups is 1. The number of hydrogen-bond acceptors (Lipinski definition) is 7. The summed E-state index contributed by atoms with van der Waals surface area (Å²) in [6.07, 6.45) is -5.32. The first-order chi connectivity index (χ1) is 12.7. The van der Waals surface area contributed by atoms with Crippen LogP contribution < -0.4 is 10.1 Å².